The van der Waals surface area contributed by atoms with Crippen LogP contribution in [0.3, 0.4) is 0 Å². The van der Waals surface area contributed by atoms with Gasteiger partial charge in [-0.25, -0.2) is 4.79 Å². The second-order valence-electron chi connectivity index (χ2n) is 10.6. The number of carboxylic acids is 1. The second kappa shape index (κ2) is 16.2. The van der Waals surface area contributed by atoms with E-state index in [1.807, 2.05) is 31.2 Å². The Bertz CT molecular complexity index is 1680. The lowest BCUT2D eigenvalue weighted by Crippen LogP contribution is -2.38. The first-order valence-corrected chi connectivity index (χ1v) is 16.7. The number of thiocarbonyl (C=S) groups is 1. The maximum atomic E-state index is 13.5. The number of carbonyl (C=O) groups is 3. The molecule has 0 aliphatic carbocycles. The third kappa shape index (κ3) is 9.11. The van der Waals surface area contributed by atoms with Gasteiger partial charge in [0.15, 0.2) is 0 Å². The Morgan fingerprint density at radius 3 is 2.53 bits per heavy atom. The molecule has 0 atom stereocenters. The highest BCUT2D eigenvalue weighted by atomic mass is 35.5. The van der Waals surface area contributed by atoms with Gasteiger partial charge in [0, 0.05) is 54.4 Å². The van der Waals surface area contributed by atoms with Gasteiger partial charge in [-0.2, -0.15) is 0 Å². The third-order valence-corrected chi connectivity index (χ3v) is 9.08. The number of thioether (sulfide) groups is 1. The normalized spacial score (nSPS) is 16.0. The Morgan fingerprint density at radius 1 is 1.04 bits per heavy atom. The molecule has 3 aromatic rings. The van der Waals surface area contributed by atoms with Crippen molar-refractivity contribution in [2.75, 3.05) is 57.9 Å². The molecule has 246 valence electrons. The fraction of sp³-hybridized carbons (Fsp3) is 0.294. The Labute approximate surface area is 287 Å². The number of hydrogen-bond donors (Lipinski definition) is 2. The first-order valence-electron chi connectivity index (χ1n) is 15.1. The second-order valence-corrected chi connectivity index (χ2v) is 12.8. The topological polar surface area (TPSA) is 118 Å². The molecule has 0 unspecified atom stereocenters. The van der Waals surface area contributed by atoms with E-state index in [-0.39, 0.29) is 30.3 Å². The molecular formula is C34H34ClN3O7S2. The van der Waals surface area contributed by atoms with E-state index in [9.17, 15) is 14.4 Å². The molecule has 2 N–H and O–H groups in total. The van der Waals surface area contributed by atoms with Gasteiger partial charge in [0.2, 0.25) is 5.91 Å². The molecule has 47 heavy (non-hydrogen) atoms. The van der Waals surface area contributed by atoms with E-state index in [1.165, 1.54) is 40.9 Å². The largest absolute Gasteiger partial charge is 0.493 e. The van der Waals surface area contributed by atoms with Crippen LogP contribution >= 0.6 is 35.6 Å². The summed E-state index contributed by atoms with van der Waals surface area (Å²) in [5.41, 5.74) is 2.98. The predicted molar refractivity (Wildman–Crippen MR) is 187 cm³/mol. The summed E-state index contributed by atoms with van der Waals surface area (Å²) in [6.45, 7) is 6.77. The Hall–Kier alpha value is -3.94. The van der Waals surface area contributed by atoms with Gasteiger partial charge >= 0.3 is 5.97 Å². The first-order chi connectivity index (χ1) is 22.7. The average molecular weight is 696 g/mol. The fourth-order valence-electron chi connectivity index (χ4n) is 5.05. The molecule has 13 heteroatoms. The number of morpholine rings is 1. The van der Waals surface area contributed by atoms with Gasteiger partial charge in [-0.1, -0.05) is 41.6 Å². The highest BCUT2D eigenvalue weighted by Crippen LogP contribution is 2.38. The Morgan fingerprint density at radius 2 is 1.81 bits per heavy atom. The van der Waals surface area contributed by atoms with E-state index in [4.69, 9.17) is 43.1 Å². The van der Waals surface area contributed by atoms with Crippen LogP contribution in [0.5, 0.6) is 11.5 Å². The van der Waals surface area contributed by atoms with Crippen LogP contribution in [0.2, 0.25) is 5.02 Å². The van der Waals surface area contributed by atoms with Gasteiger partial charge in [0.05, 0.1) is 30.3 Å². The lowest BCUT2D eigenvalue weighted by atomic mass is 10.0. The highest BCUT2D eigenvalue weighted by Gasteiger charge is 2.32. The smallest absolute Gasteiger partial charge is 0.335 e. The Balaban J connectivity index is 1.33. The summed E-state index contributed by atoms with van der Waals surface area (Å²) in [5.74, 6) is -0.418. The lowest BCUT2D eigenvalue weighted by molar-refractivity contribution is -0.122. The molecule has 0 bridgehead atoms. The van der Waals surface area contributed by atoms with E-state index in [0.29, 0.717) is 63.4 Å². The zero-order valence-corrected chi connectivity index (χ0v) is 28.1. The van der Waals surface area contributed by atoms with Crippen molar-refractivity contribution in [3.8, 4) is 22.6 Å². The van der Waals surface area contributed by atoms with Crippen LogP contribution in [0.25, 0.3) is 17.2 Å². The predicted octanol–water partition coefficient (Wildman–Crippen LogP) is 6.04. The molecule has 2 amide bonds. The number of amides is 2. The molecule has 0 saturated carbocycles. The molecule has 2 aliphatic heterocycles. The zero-order chi connectivity index (χ0) is 33.3. The number of benzene rings is 3. The monoisotopic (exact) mass is 695 g/mol. The average Bonchev–Trinajstić information content (AvgIpc) is 3.32. The molecule has 0 radical (unpaired) electrons. The maximum absolute atomic E-state index is 13.5. The van der Waals surface area contributed by atoms with E-state index < -0.39 is 5.97 Å². The van der Waals surface area contributed by atoms with E-state index in [0.717, 1.165) is 30.8 Å². The number of rotatable bonds is 13. The SMILES string of the molecule is CCOc1cc(Cl)ccc1-c1ccc(OCCN2CCOCC2)c(C=C2SC(=S)N(CCC(=O)Nc3ccc(C(=O)O)cc3)C2=O)c1. The lowest BCUT2D eigenvalue weighted by Gasteiger charge is -2.26. The molecule has 3 aromatic carbocycles. The molecule has 2 heterocycles. The summed E-state index contributed by atoms with van der Waals surface area (Å²) in [6, 6.07) is 17.1. The van der Waals surface area contributed by atoms with Crippen LogP contribution in [0, 0.1) is 0 Å². The van der Waals surface area contributed by atoms with Crippen molar-refractivity contribution in [3.63, 3.8) is 0 Å². The van der Waals surface area contributed by atoms with Crippen molar-refractivity contribution in [2.45, 2.75) is 13.3 Å². The van der Waals surface area contributed by atoms with Crippen molar-refractivity contribution in [2.24, 2.45) is 0 Å². The number of hydrogen-bond acceptors (Lipinski definition) is 9. The van der Waals surface area contributed by atoms with Gasteiger partial charge in [-0.15, -0.1) is 0 Å². The number of nitrogens with zero attached hydrogens (tertiary/aromatic N) is 2. The minimum atomic E-state index is -1.05. The molecule has 10 nitrogen and oxygen atoms in total. The number of anilines is 1. The zero-order valence-electron chi connectivity index (χ0n) is 25.7. The molecule has 0 spiro atoms. The number of ether oxygens (including phenoxy) is 3. The van der Waals surface area contributed by atoms with E-state index in [2.05, 4.69) is 10.2 Å². The van der Waals surface area contributed by atoms with Crippen molar-refractivity contribution >= 4 is 69.4 Å². The summed E-state index contributed by atoms with van der Waals surface area (Å²) in [5, 5.41) is 12.4. The quantitative estimate of drug-likeness (QED) is 0.162. The molecule has 2 saturated heterocycles. The molecular weight excluding hydrogens is 662 g/mol. The summed E-state index contributed by atoms with van der Waals surface area (Å²) < 4.78 is 17.9. The van der Waals surface area contributed by atoms with Gasteiger partial charge in [-0.05, 0) is 73.2 Å². The van der Waals surface area contributed by atoms with Gasteiger partial charge in [0.25, 0.3) is 5.91 Å². The van der Waals surface area contributed by atoms with Crippen molar-refractivity contribution in [1.29, 1.82) is 0 Å². The highest BCUT2D eigenvalue weighted by molar-refractivity contribution is 8.26. The number of halogens is 1. The van der Waals surface area contributed by atoms with Crippen LogP contribution in [-0.4, -0.2) is 89.6 Å². The maximum Gasteiger partial charge on any atom is 0.335 e. The van der Waals surface area contributed by atoms with Gasteiger partial charge < -0.3 is 24.6 Å². The van der Waals surface area contributed by atoms with Crippen molar-refractivity contribution in [1.82, 2.24) is 9.80 Å². The third-order valence-electron chi connectivity index (χ3n) is 7.47. The summed E-state index contributed by atoms with van der Waals surface area (Å²) >= 11 is 13.0. The fourth-order valence-corrected chi connectivity index (χ4v) is 6.51. The minimum Gasteiger partial charge on any atom is -0.493 e. The van der Waals surface area contributed by atoms with Crippen LogP contribution in [0.1, 0.15) is 29.3 Å². The number of nitrogens with one attached hydrogen (secondary N) is 1. The number of aromatic carboxylic acids is 1. The first kappa shape index (κ1) is 34.4. The van der Waals surface area contributed by atoms with Crippen LogP contribution < -0.4 is 14.8 Å². The van der Waals surface area contributed by atoms with Crippen LogP contribution in [0.4, 0.5) is 5.69 Å². The molecule has 2 fully saturated rings. The van der Waals surface area contributed by atoms with E-state index in [1.54, 1.807) is 18.2 Å². The molecule has 2 aliphatic rings. The summed E-state index contributed by atoms with van der Waals surface area (Å²) in [6.07, 6.45) is 1.77. The van der Waals surface area contributed by atoms with E-state index >= 15 is 0 Å². The molecule has 0 aromatic heterocycles. The molecule has 5 rings (SSSR count). The Kier molecular flexibility index (Phi) is 11.9. The summed E-state index contributed by atoms with van der Waals surface area (Å²) in [7, 11) is 0. The van der Waals surface area contributed by atoms with Crippen LogP contribution in [-0.2, 0) is 14.3 Å². The van der Waals surface area contributed by atoms with Gasteiger partial charge in [-0.3, -0.25) is 19.4 Å². The summed E-state index contributed by atoms with van der Waals surface area (Å²) in [4.78, 5) is 41.3. The van der Waals surface area contributed by atoms with Crippen LogP contribution in [0.15, 0.2) is 65.6 Å². The van der Waals surface area contributed by atoms with Gasteiger partial charge in [0.1, 0.15) is 22.4 Å². The van der Waals surface area contributed by atoms with Crippen molar-refractivity contribution < 1.29 is 33.7 Å². The number of carbonyl (C=O) groups excluding carboxylic acids is 2. The minimum absolute atomic E-state index is 0.00254. The van der Waals surface area contributed by atoms with Crippen molar-refractivity contribution in [3.05, 3.63) is 81.7 Å². The number of carboxylic acid groups (broad SMARTS) is 1. The standard InChI is InChI=1S/C34H34ClN3O7S2/c1-2-44-29-21-25(35)6-9-27(29)23-5-10-28(45-18-15-37-13-16-43-17-14-37)24(19-23)20-30-32(40)38(34(46)47-30)12-11-31(39)36-26-7-3-22(4-8-26)33(41)42/h3-10,19-21H,2,11-18H2,1H3,(H,36,39)(H,41,42).